The first-order valence-corrected chi connectivity index (χ1v) is 19.8. The van der Waals surface area contributed by atoms with E-state index in [2.05, 4.69) is 94.4 Å². The van der Waals surface area contributed by atoms with E-state index in [1.807, 2.05) is 103 Å². The van der Waals surface area contributed by atoms with Gasteiger partial charge in [-0.05, 0) is 70.6 Å². The minimum atomic E-state index is -0.340. The number of para-hydroxylation sites is 1. The highest BCUT2D eigenvalue weighted by Crippen LogP contribution is 2.49. The Morgan fingerprint density at radius 1 is 0.508 bits per heavy atom. The van der Waals surface area contributed by atoms with Crippen molar-refractivity contribution in [1.29, 1.82) is 0 Å². The van der Waals surface area contributed by atoms with Crippen LogP contribution in [0.3, 0.4) is 0 Å². The van der Waals surface area contributed by atoms with Gasteiger partial charge in [-0.25, -0.2) is 9.78 Å². The van der Waals surface area contributed by atoms with E-state index in [0.29, 0.717) is 28.6 Å². The summed E-state index contributed by atoms with van der Waals surface area (Å²) in [4.78, 5) is 30.9. The van der Waals surface area contributed by atoms with Crippen LogP contribution >= 0.6 is 0 Å². The lowest BCUT2D eigenvalue weighted by Crippen LogP contribution is -2.30. The van der Waals surface area contributed by atoms with Crippen molar-refractivity contribution in [3.63, 3.8) is 0 Å². The van der Waals surface area contributed by atoms with Crippen LogP contribution in [0.5, 0.6) is 0 Å². The third-order valence-corrected chi connectivity index (χ3v) is 11.8. The van der Waals surface area contributed by atoms with E-state index < -0.39 is 0 Å². The molecule has 10 aromatic rings. The SMILES string of the molecule is O=c1oc2c(ccc3c4cc(-c5ccc6c(c5)C5C=CC=CC5N6c5nc(-c6ccccc6)nc(-c6ccccc6)n5)ccc4n(-c4ccccc4)c32)c2ccccc12. The number of hydrogen-bond donors (Lipinski definition) is 0. The summed E-state index contributed by atoms with van der Waals surface area (Å²) in [5, 5.41) is 4.46. The van der Waals surface area contributed by atoms with Crippen LogP contribution in [-0.4, -0.2) is 25.6 Å². The van der Waals surface area contributed by atoms with E-state index in [4.69, 9.17) is 19.4 Å². The van der Waals surface area contributed by atoms with Gasteiger partial charge in [-0.15, -0.1) is 0 Å². The molecule has 12 rings (SSSR count). The highest BCUT2D eigenvalue weighted by molar-refractivity contribution is 6.21. The molecule has 0 saturated heterocycles. The third-order valence-electron chi connectivity index (χ3n) is 11.8. The van der Waals surface area contributed by atoms with Gasteiger partial charge in [0.25, 0.3) is 0 Å². The maximum Gasteiger partial charge on any atom is 0.344 e. The third kappa shape index (κ3) is 5.21. The molecular weight excluding hydrogens is 727 g/mol. The van der Waals surface area contributed by atoms with Crippen molar-refractivity contribution >= 4 is 55.2 Å². The van der Waals surface area contributed by atoms with E-state index >= 15 is 0 Å². The molecule has 0 saturated carbocycles. The molecule has 59 heavy (non-hydrogen) atoms. The Morgan fingerprint density at radius 2 is 1.14 bits per heavy atom. The number of anilines is 2. The molecule has 0 fully saturated rings. The maximum absolute atomic E-state index is 13.4. The molecule has 3 aromatic heterocycles. The minimum Gasteiger partial charge on any atom is -0.420 e. The lowest BCUT2D eigenvalue weighted by molar-refractivity contribution is 0.572. The summed E-state index contributed by atoms with van der Waals surface area (Å²) in [5.41, 5.74) is 9.50. The highest BCUT2D eigenvalue weighted by atomic mass is 16.4. The Kier molecular flexibility index (Phi) is 7.37. The number of allylic oxidation sites excluding steroid dienone is 2. The number of fused-ring (bicyclic) bond motifs is 10. The Bertz CT molecular complexity index is 3370. The van der Waals surface area contributed by atoms with Crippen molar-refractivity contribution in [2.45, 2.75) is 12.0 Å². The summed E-state index contributed by atoms with van der Waals surface area (Å²) in [7, 11) is 0. The first kappa shape index (κ1) is 33.3. The monoisotopic (exact) mass is 759 g/mol. The molecular formula is C52H33N5O2. The fourth-order valence-electron chi connectivity index (χ4n) is 9.12. The fourth-order valence-corrected chi connectivity index (χ4v) is 9.12. The zero-order chi connectivity index (χ0) is 39.0. The molecule has 0 spiro atoms. The van der Waals surface area contributed by atoms with Gasteiger partial charge in [-0.3, -0.25) is 0 Å². The second-order valence-corrected chi connectivity index (χ2v) is 15.1. The number of benzene rings is 7. The summed E-state index contributed by atoms with van der Waals surface area (Å²) in [5.74, 6) is 1.98. The van der Waals surface area contributed by atoms with Crippen LogP contribution in [0.2, 0.25) is 0 Å². The second kappa shape index (κ2) is 13.1. The minimum absolute atomic E-state index is 0.00903. The van der Waals surface area contributed by atoms with Crippen LogP contribution in [0.4, 0.5) is 11.6 Å². The number of rotatable bonds is 5. The predicted molar refractivity (Wildman–Crippen MR) is 237 cm³/mol. The first-order chi connectivity index (χ1) is 29.2. The van der Waals surface area contributed by atoms with Crippen molar-refractivity contribution in [3.8, 4) is 39.6 Å². The molecule has 1 aliphatic carbocycles. The molecule has 1 aliphatic heterocycles. The summed E-state index contributed by atoms with van der Waals surface area (Å²) < 4.78 is 8.42. The summed E-state index contributed by atoms with van der Waals surface area (Å²) >= 11 is 0. The van der Waals surface area contributed by atoms with E-state index in [0.717, 1.165) is 66.2 Å². The van der Waals surface area contributed by atoms with Crippen molar-refractivity contribution in [1.82, 2.24) is 19.5 Å². The molecule has 7 aromatic carbocycles. The highest BCUT2D eigenvalue weighted by Gasteiger charge is 2.39. The predicted octanol–water partition coefficient (Wildman–Crippen LogP) is 12.0. The van der Waals surface area contributed by atoms with Crippen LogP contribution in [0.15, 0.2) is 197 Å². The van der Waals surface area contributed by atoms with Crippen molar-refractivity contribution in [2.24, 2.45) is 0 Å². The van der Waals surface area contributed by atoms with Crippen LogP contribution in [0.25, 0.3) is 83.1 Å². The lowest BCUT2D eigenvalue weighted by atomic mass is 9.89. The largest absolute Gasteiger partial charge is 0.420 e. The molecule has 2 unspecified atom stereocenters. The number of nitrogens with zero attached hydrogens (tertiary/aromatic N) is 5. The number of hydrogen-bond acceptors (Lipinski definition) is 6. The van der Waals surface area contributed by atoms with Gasteiger partial charge in [0, 0.05) is 44.6 Å². The van der Waals surface area contributed by atoms with Crippen LogP contribution in [0, 0.1) is 0 Å². The summed E-state index contributed by atoms with van der Waals surface area (Å²) in [6.45, 7) is 0. The van der Waals surface area contributed by atoms with Gasteiger partial charge in [-0.2, -0.15) is 9.97 Å². The fraction of sp³-hybridized carbons (Fsp3) is 0.0385. The average Bonchev–Trinajstić information content (AvgIpc) is 3.82. The Balaban J connectivity index is 1.03. The molecule has 0 radical (unpaired) electrons. The van der Waals surface area contributed by atoms with E-state index in [-0.39, 0.29) is 17.6 Å². The van der Waals surface area contributed by atoms with Gasteiger partial charge in [0.2, 0.25) is 5.95 Å². The maximum atomic E-state index is 13.4. The van der Waals surface area contributed by atoms with E-state index in [9.17, 15) is 4.79 Å². The van der Waals surface area contributed by atoms with Gasteiger partial charge < -0.3 is 13.9 Å². The molecule has 0 bridgehead atoms. The molecule has 0 N–H and O–H groups in total. The quantitative estimate of drug-likeness (QED) is 0.128. The number of aromatic nitrogens is 4. The standard InChI is InChI=1S/C52H33N5O2/c58-51-41-22-11-10-20-37(41)40-27-26-39-43-31-35(24-28-45(43)56(47(39)48(40)59-51)36-18-8-3-9-19-36)34-25-29-46-42(30-34)38-21-12-13-23-44(38)57(46)52-54-49(32-14-4-1-5-15-32)53-50(55-52)33-16-6-2-7-17-33/h1-31,38,44H. The van der Waals surface area contributed by atoms with E-state index in [1.165, 1.54) is 5.56 Å². The van der Waals surface area contributed by atoms with Gasteiger partial charge in [-0.1, -0.05) is 140 Å². The Morgan fingerprint density at radius 3 is 1.88 bits per heavy atom. The van der Waals surface area contributed by atoms with Gasteiger partial charge in [0.15, 0.2) is 17.2 Å². The molecule has 0 amide bonds. The zero-order valence-corrected chi connectivity index (χ0v) is 31.6. The zero-order valence-electron chi connectivity index (χ0n) is 31.6. The Labute approximate surface area is 338 Å². The molecule has 2 atom stereocenters. The van der Waals surface area contributed by atoms with Crippen LogP contribution in [0.1, 0.15) is 11.5 Å². The normalized spacial score (nSPS) is 15.7. The Hall–Kier alpha value is -7.90. The summed E-state index contributed by atoms with van der Waals surface area (Å²) in [6.07, 6.45) is 8.78. The molecule has 7 nitrogen and oxygen atoms in total. The molecule has 4 heterocycles. The van der Waals surface area contributed by atoms with Crippen molar-refractivity contribution in [3.05, 3.63) is 204 Å². The lowest BCUT2D eigenvalue weighted by Gasteiger charge is -2.27. The topological polar surface area (TPSA) is 77.1 Å². The average molecular weight is 760 g/mol. The van der Waals surface area contributed by atoms with Crippen molar-refractivity contribution < 1.29 is 4.42 Å². The van der Waals surface area contributed by atoms with Crippen molar-refractivity contribution in [2.75, 3.05) is 4.90 Å². The van der Waals surface area contributed by atoms with E-state index in [1.54, 1.807) is 0 Å². The van der Waals surface area contributed by atoms with Crippen LogP contribution in [-0.2, 0) is 0 Å². The van der Waals surface area contributed by atoms with Crippen LogP contribution < -0.4 is 10.5 Å². The molecule has 7 heteroatoms. The molecule has 2 aliphatic rings. The smallest absolute Gasteiger partial charge is 0.344 e. The van der Waals surface area contributed by atoms with Gasteiger partial charge in [0.1, 0.15) is 0 Å². The second-order valence-electron chi connectivity index (χ2n) is 15.1. The molecule has 278 valence electrons. The van der Waals surface area contributed by atoms with Gasteiger partial charge in [0.05, 0.1) is 22.5 Å². The first-order valence-electron chi connectivity index (χ1n) is 19.8. The summed E-state index contributed by atoms with van der Waals surface area (Å²) in [6, 6.07) is 55.8. The van der Waals surface area contributed by atoms with Gasteiger partial charge >= 0.3 is 5.63 Å².